The smallest absolute Gasteiger partial charge is 0.306 e. The van der Waals surface area contributed by atoms with Gasteiger partial charge in [-0.1, -0.05) is 140 Å². The summed E-state index contributed by atoms with van der Waals surface area (Å²) in [5, 5.41) is 9.50. The van der Waals surface area contributed by atoms with Gasteiger partial charge in [-0.05, 0) is 57.8 Å². The van der Waals surface area contributed by atoms with E-state index < -0.39 is 6.10 Å². The van der Waals surface area contributed by atoms with E-state index in [0.717, 1.165) is 64.2 Å². The van der Waals surface area contributed by atoms with Gasteiger partial charge in [-0.3, -0.25) is 9.59 Å². The van der Waals surface area contributed by atoms with Gasteiger partial charge in [-0.2, -0.15) is 0 Å². The topological polar surface area (TPSA) is 72.8 Å². The first-order chi connectivity index (χ1) is 21.1. The number of aliphatic hydroxyl groups excluding tert-OH is 1. The van der Waals surface area contributed by atoms with Gasteiger partial charge in [0.2, 0.25) is 0 Å². The van der Waals surface area contributed by atoms with Gasteiger partial charge in [0.05, 0.1) is 6.61 Å². The third-order valence-electron chi connectivity index (χ3n) is 7.38. The lowest BCUT2D eigenvalue weighted by atomic mass is 10.1. The summed E-state index contributed by atoms with van der Waals surface area (Å²) in [5.41, 5.74) is 0. The van der Waals surface area contributed by atoms with Gasteiger partial charge >= 0.3 is 11.9 Å². The molecule has 43 heavy (non-hydrogen) atoms. The molecule has 0 saturated carbocycles. The van der Waals surface area contributed by atoms with Crippen LogP contribution in [0.25, 0.3) is 0 Å². The highest BCUT2D eigenvalue weighted by Crippen LogP contribution is 2.12. The Labute approximate surface area is 265 Å². The van der Waals surface area contributed by atoms with Crippen molar-refractivity contribution in [2.45, 2.75) is 168 Å². The fourth-order valence-electron chi connectivity index (χ4n) is 4.65. The number of allylic oxidation sites excluding steroid dienone is 8. The van der Waals surface area contributed by atoms with Crippen molar-refractivity contribution in [2.24, 2.45) is 0 Å². The van der Waals surface area contributed by atoms with Gasteiger partial charge in [0.1, 0.15) is 6.61 Å². The lowest BCUT2D eigenvalue weighted by Gasteiger charge is -2.15. The maximum absolute atomic E-state index is 12.1. The van der Waals surface area contributed by atoms with Crippen LogP contribution in [0.1, 0.15) is 162 Å². The quantitative estimate of drug-likeness (QED) is 0.0485. The third-order valence-corrected chi connectivity index (χ3v) is 7.38. The Morgan fingerprint density at radius 3 is 1.44 bits per heavy atom. The molecule has 0 aliphatic heterocycles. The Morgan fingerprint density at radius 1 is 0.535 bits per heavy atom. The van der Waals surface area contributed by atoms with E-state index in [2.05, 4.69) is 62.5 Å². The minimum Gasteiger partial charge on any atom is -0.462 e. The van der Waals surface area contributed by atoms with E-state index in [-0.39, 0.29) is 25.2 Å². The molecule has 0 aromatic carbocycles. The number of hydrogen-bond acceptors (Lipinski definition) is 5. The summed E-state index contributed by atoms with van der Waals surface area (Å²) in [6.45, 7) is 4.05. The Balaban J connectivity index is 3.67. The van der Waals surface area contributed by atoms with Crippen molar-refractivity contribution in [1.29, 1.82) is 0 Å². The van der Waals surface area contributed by atoms with Gasteiger partial charge in [0.25, 0.3) is 0 Å². The van der Waals surface area contributed by atoms with Crippen LogP contribution in [0.2, 0.25) is 0 Å². The molecule has 1 atom stereocenters. The van der Waals surface area contributed by atoms with Crippen LogP contribution in [-0.4, -0.2) is 36.4 Å². The van der Waals surface area contributed by atoms with E-state index in [1.807, 2.05) is 0 Å². The minimum absolute atomic E-state index is 0.0785. The second-order valence-electron chi connectivity index (χ2n) is 11.6. The average molecular weight is 603 g/mol. The Hall–Kier alpha value is -2.14. The molecule has 0 aromatic rings. The maximum Gasteiger partial charge on any atom is 0.306 e. The van der Waals surface area contributed by atoms with Crippen molar-refractivity contribution in [1.82, 2.24) is 0 Å². The van der Waals surface area contributed by atoms with Crippen LogP contribution in [0.4, 0.5) is 0 Å². The second-order valence-corrected chi connectivity index (χ2v) is 11.6. The fourth-order valence-corrected chi connectivity index (χ4v) is 4.65. The molecule has 0 aromatic heterocycles. The van der Waals surface area contributed by atoms with Crippen molar-refractivity contribution < 1.29 is 24.2 Å². The van der Waals surface area contributed by atoms with Crippen LogP contribution in [0.5, 0.6) is 0 Å². The van der Waals surface area contributed by atoms with Gasteiger partial charge in [-0.15, -0.1) is 0 Å². The van der Waals surface area contributed by atoms with E-state index in [9.17, 15) is 14.7 Å². The Morgan fingerprint density at radius 2 is 0.930 bits per heavy atom. The molecule has 0 heterocycles. The lowest BCUT2D eigenvalue weighted by molar-refractivity contribution is -0.161. The van der Waals surface area contributed by atoms with Gasteiger partial charge in [-0.25, -0.2) is 0 Å². The highest BCUT2D eigenvalue weighted by atomic mass is 16.6. The third kappa shape index (κ3) is 32.6. The largest absolute Gasteiger partial charge is 0.462 e. The molecule has 1 N–H and O–H groups in total. The zero-order chi connectivity index (χ0) is 31.5. The average Bonchev–Trinajstić information content (AvgIpc) is 3.01. The molecular formula is C38H66O5. The molecule has 0 spiro atoms. The standard InChI is InChI=1S/C38H66O5/c1-3-5-7-9-11-13-15-16-17-18-19-20-21-22-23-25-27-29-31-33-38(41)43-36(34-39)35-42-37(40)32-30-28-26-24-14-12-10-8-6-4-2/h11,13,16-17,19-20,22-23,36,39H,3-10,12,14-15,18,21,24-35H2,1-2H3/b13-11-,17-16-,20-19-,23-22-/t36-/m0/s1. The number of rotatable bonds is 31. The van der Waals surface area contributed by atoms with Crippen molar-refractivity contribution in [3.8, 4) is 0 Å². The summed E-state index contributed by atoms with van der Waals surface area (Å²) in [7, 11) is 0. The molecule has 0 bridgehead atoms. The van der Waals surface area contributed by atoms with E-state index >= 15 is 0 Å². The number of esters is 2. The Kier molecular flexibility index (Phi) is 32.6. The summed E-state index contributed by atoms with van der Waals surface area (Å²) in [6.07, 6.45) is 41.6. The van der Waals surface area contributed by atoms with Crippen molar-refractivity contribution in [3.63, 3.8) is 0 Å². The summed E-state index contributed by atoms with van der Waals surface area (Å²) in [5.74, 6) is -0.631. The molecule has 0 saturated heterocycles. The number of ether oxygens (including phenoxy) is 2. The van der Waals surface area contributed by atoms with E-state index in [4.69, 9.17) is 9.47 Å². The first-order valence-electron chi connectivity index (χ1n) is 17.7. The van der Waals surface area contributed by atoms with Crippen molar-refractivity contribution in [3.05, 3.63) is 48.6 Å². The molecule has 0 fully saturated rings. The fraction of sp³-hybridized carbons (Fsp3) is 0.737. The number of unbranched alkanes of at least 4 members (excludes halogenated alkanes) is 15. The van der Waals surface area contributed by atoms with Crippen molar-refractivity contribution in [2.75, 3.05) is 13.2 Å². The van der Waals surface area contributed by atoms with Crippen LogP contribution < -0.4 is 0 Å². The summed E-state index contributed by atoms with van der Waals surface area (Å²) in [4.78, 5) is 24.1. The first kappa shape index (κ1) is 40.9. The van der Waals surface area contributed by atoms with E-state index in [0.29, 0.717) is 12.8 Å². The second kappa shape index (κ2) is 34.4. The highest BCUT2D eigenvalue weighted by Gasteiger charge is 2.16. The summed E-state index contributed by atoms with van der Waals surface area (Å²) < 4.78 is 10.5. The van der Waals surface area contributed by atoms with Gasteiger partial charge < -0.3 is 14.6 Å². The zero-order valence-electron chi connectivity index (χ0n) is 28.0. The molecule has 0 unspecified atom stereocenters. The van der Waals surface area contributed by atoms with Gasteiger partial charge in [0, 0.05) is 12.8 Å². The van der Waals surface area contributed by atoms with E-state index in [1.165, 1.54) is 70.6 Å². The number of carbonyl (C=O) groups is 2. The predicted octanol–water partition coefficient (Wildman–Crippen LogP) is 10.7. The highest BCUT2D eigenvalue weighted by molar-refractivity contribution is 5.70. The molecule has 5 nitrogen and oxygen atoms in total. The molecule has 0 amide bonds. The number of hydrogen-bond donors (Lipinski definition) is 1. The van der Waals surface area contributed by atoms with Crippen LogP contribution in [0, 0.1) is 0 Å². The molecule has 5 heteroatoms. The molecular weight excluding hydrogens is 536 g/mol. The Bertz CT molecular complexity index is 737. The number of aliphatic hydroxyl groups is 1. The van der Waals surface area contributed by atoms with Crippen LogP contribution >= 0.6 is 0 Å². The SMILES string of the molecule is CCCCC/C=C\C/C=C\C/C=C\C/C=C\CCCCCC(=O)O[C@@H](CO)COC(=O)CCCCCCCCCCCC. The first-order valence-corrected chi connectivity index (χ1v) is 17.7. The molecule has 0 rings (SSSR count). The molecule has 248 valence electrons. The maximum atomic E-state index is 12.1. The lowest BCUT2D eigenvalue weighted by Crippen LogP contribution is -2.28. The molecule has 0 aliphatic carbocycles. The normalized spacial score (nSPS) is 12.7. The molecule has 0 aliphatic rings. The van der Waals surface area contributed by atoms with Crippen LogP contribution in [0.15, 0.2) is 48.6 Å². The summed E-state index contributed by atoms with van der Waals surface area (Å²) >= 11 is 0. The minimum atomic E-state index is -0.784. The number of carbonyl (C=O) groups excluding carboxylic acids is 2. The molecule has 0 radical (unpaired) electrons. The van der Waals surface area contributed by atoms with E-state index in [1.54, 1.807) is 0 Å². The van der Waals surface area contributed by atoms with Crippen molar-refractivity contribution >= 4 is 11.9 Å². The van der Waals surface area contributed by atoms with Crippen LogP contribution in [-0.2, 0) is 19.1 Å². The monoisotopic (exact) mass is 602 g/mol. The van der Waals surface area contributed by atoms with Gasteiger partial charge in [0.15, 0.2) is 6.10 Å². The predicted molar refractivity (Wildman–Crippen MR) is 182 cm³/mol. The summed E-state index contributed by atoms with van der Waals surface area (Å²) in [6, 6.07) is 0. The zero-order valence-corrected chi connectivity index (χ0v) is 28.0. The van der Waals surface area contributed by atoms with Crippen LogP contribution in [0.3, 0.4) is 0 Å².